The summed E-state index contributed by atoms with van der Waals surface area (Å²) in [6.07, 6.45) is 8.22. The van der Waals surface area contributed by atoms with E-state index in [1.54, 1.807) is 59.8 Å². The summed E-state index contributed by atoms with van der Waals surface area (Å²) in [5.74, 6) is 0.787. The Morgan fingerprint density at radius 1 is 1.15 bits per heavy atom. The summed E-state index contributed by atoms with van der Waals surface area (Å²) in [6.45, 7) is 4.16. The smallest absolute Gasteiger partial charge is 0.263 e. The zero-order chi connectivity index (χ0) is 24.1. The molecule has 4 heterocycles. The van der Waals surface area contributed by atoms with Crippen molar-refractivity contribution >= 4 is 11.7 Å². The molecule has 0 unspecified atom stereocenters. The van der Waals surface area contributed by atoms with Crippen LogP contribution in [-0.4, -0.2) is 41.9 Å². The highest BCUT2D eigenvalue weighted by atomic mass is 16.5. The standard InChI is InChI=1S/C24H24N6O4/c1-16(2)30-9-3-4-20(24(30)33)23(32)28-22-6-5-19(14-26-22)34-18-7-8-25-21(12-18)17-13-27-29(15-17)10-11-31/h3-9,12-16,31H,10-11H2,1-2H3,(H,26,28,32). The fourth-order valence-electron chi connectivity index (χ4n) is 3.28. The largest absolute Gasteiger partial charge is 0.456 e. The van der Waals surface area contributed by atoms with Gasteiger partial charge in [-0.3, -0.25) is 19.3 Å². The van der Waals surface area contributed by atoms with Crippen molar-refractivity contribution < 1.29 is 14.6 Å². The van der Waals surface area contributed by atoms with E-state index in [1.807, 2.05) is 13.8 Å². The van der Waals surface area contributed by atoms with Gasteiger partial charge in [0.05, 0.1) is 31.2 Å². The van der Waals surface area contributed by atoms with Gasteiger partial charge in [0.2, 0.25) is 0 Å². The second-order valence-corrected chi connectivity index (χ2v) is 7.76. The van der Waals surface area contributed by atoms with Crippen LogP contribution in [0.1, 0.15) is 30.2 Å². The number of nitrogens with zero attached hydrogens (tertiary/aromatic N) is 5. The average Bonchev–Trinajstić information content (AvgIpc) is 3.29. The maximum absolute atomic E-state index is 12.6. The van der Waals surface area contributed by atoms with Gasteiger partial charge in [0.1, 0.15) is 22.9 Å². The number of aliphatic hydroxyl groups is 1. The van der Waals surface area contributed by atoms with Gasteiger partial charge in [0.25, 0.3) is 11.5 Å². The number of hydrogen-bond donors (Lipinski definition) is 2. The second-order valence-electron chi connectivity index (χ2n) is 7.76. The summed E-state index contributed by atoms with van der Waals surface area (Å²) in [5.41, 5.74) is 1.16. The van der Waals surface area contributed by atoms with Gasteiger partial charge >= 0.3 is 0 Å². The van der Waals surface area contributed by atoms with Crippen LogP contribution in [0, 0.1) is 0 Å². The van der Waals surface area contributed by atoms with Gasteiger partial charge in [0, 0.05) is 36.3 Å². The number of hydrogen-bond acceptors (Lipinski definition) is 7. The molecule has 0 saturated heterocycles. The van der Waals surface area contributed by atoms with E-state index in [9.17, 15) is 9.59 Å². The molecule has 0 atom stereocenters. The molecule has 0 fully saturated rings. The molecule has 4 aromatic rings. The fourth-order valence-corrected chi connectivity index (χ4v) is 3.28. The lowest BCUT2D eigenvalue weighted by Gasteiger charge is -2.11. The minimum atomic E-state index is -0.526. The first-order chi connectivity index (χ1) is 16.4. The van der Waals surface area contributed by atoms with Crippen LogP contribution in [0.25, 0.3) is 11.3 Å². The fraction of sp³-hybridized carbons (Fsp3) is 0.208. The maximum Gasteiger partial charge on any atom is 0.263 e. The molecule has 1 amide bonds. The lowest BCUT2D eigenvalue weighted by atomic mass is 10.2. The molecule has 0 aliphatic heterocycles. The minimum Gasteiger partial charge on any atom is -0.456 e. The normalized spacial score (nSPS) is 10.9. The van der Waals surface area contributed by atoms with Crippen molar-refractivity contribution in [3.8, 4) is 22.8 Å². The molecule has 4 aromatic heterocycles. The molecule has 34 heavy (non-hydrogen) atoms. The van der Waals surface area contributed by atoms with E-state index in [4.69, 9.17) is 9.84 Å². The van der Waals surface area contributed by atoms with Crippen LogP contribution in [-0.2, 0) is 6.54 Å². The third-order valence-corrected chi connectivity index (χ3v) is 4.98. The Bertz CT molecular complexity index is 1340. The van der Waals surface area contributed by atoms with Gasteiger partial charge in [-0.15, -0.1) is 0 Å². The van der Waals surface area contributed by atoms with Crippen LogP contribution in [0.3, 0.4) is 0 Å². The molecular weight excluding hydrogens is 436 g/mol. The molecule has 174 valence electrons. The van der Waals surface area contributed by atoms with Crippen molar-refractivity contribution in [2.75, 3.05) is 11.9 Å². The number of aliphatic hydroxyl groups excluding tert-OH is 1. The molecule has 2 N–H and O–H groups in total. The summed E-state index contributed by atoms with van der Waals surface area (Å²) in [4.78, 5) is 33.6. The van der Waals surface area contributed by atoms with Gasteiger partial charge in [0.15, 0.2) is 0 Å². The first kappa shape index (κ1) is 22.9. The highest BCUT2D eigenvalue weighted by molar-refractivity contribution is 6.03. The zero-order valence-electron chi connectivity index (χ0n) is 18.8. The first-order valence-electron chi connectivity index (χ1n) is 10.7. The van der Waals surface area contributed by atoms with Gasteiger partial charge in [-0.25, -0.2) is 4.98 Å². The Morgan fingerprint density at radius 2 is 2.00 bits per heavy atom. The maximum atomic E-state index is 12.6. The second kappa shape index (κ2) is 10.1. The summed E-state index contributed by atoms with van der Waals surface area (Å²) >= 11 is 0. The van der Waals surface area contributed by atoms with E-state index in [0.29, 0.717) is 29.6 Å². The zero-order valence-corrected chi connectivity index (χ0v) is 18.8. The quantitative estimate of drug-likeness (QED) is 0.414. The van der Waals surface area contributed by atoms with Crippen LogP contribution in [0.2, 0.25) is 0 Å². The summed E-state index contributed by atoms with van der Waals surface area (Å²) < 4.78 is 9.00. The number of carbonyl (C=O) groups is 1. The third kappa shape index (κ3) is 5.18. The summed E-state index contributed by atoms with van der Waals surface area (Å²) in [7, 11) is 0. The average molecular weight is 460 g/mol. The van der Waals surface area contributed by atoms with Gasteiger partial charge in [-0.2, -0.15) is 5.10 Å². The summed E-state index contributed by atoms with van der Waals surface area (Å²) in [5, 5.41) is 15.9. The molecule has 0 aliphatic rings. The summed E-state index contributed by atoms with van der Waals surface area (Å²) in [6, 6.07) is 9.85. The van der Waals surface area contributed by atoms with Crippen molar-refractivity contribution in [3.05, 3.63) is 83.3 Å². The van der Waals surface area contributed by atoms with Crippen molar-refractivity contribution in [3.63, 3.8) is 0 Å². The first-order valence-corrected chi connectivity index (χ1v) is 10.7. The van der Waals surface area contributed by atoms with Crippen molar-refractivity contribution in [2.24, 2.45) is 0 Å². The SMILES string of the molecule is CC(C)n1cccc(C(=O)Nc2ccc(Oc3ccnc(-c4cnn(CCO)c4)c3)cn2)c1=O. The molecule has 10 nitrogen and oxygen atoms in total. The van der Waals surface area contributed by atoms with Crippen molar-refractivity contribution in [1.82, 2.24) is 24.3 Å². The van der Waals surface area contributed by atoms with Crippen molar-refractivity contribution in [1.29, 1.82) is 0 Å². The van der Waals surface area contributed by atoms with Gasteiger partial charge in [-0.1, -0.05) is 0 Å². The van der Waals surface area contributed by atoms with Crippen LogP contribution in [0.4, 0.5) is 5.82 Å². The lowest BCUT2D eigenvalue weighted by Crippen LogP contribution is -2.29. The molecule has 0 radical (unpaired) electrons. The van der Waals surface area contributed by atoms with E-state index in [0.717, 1.165) is 5.56 Å². The van der Waals surface area contributed by atoms with Crippen LogP contribution in [0.15, 0.2) is 72.2 Å². The van der Waals surface area contributed by atoms with Crippen molar-refractivity contribution in [2.45, 2.75) is 26.4 Å². The Kier molecular flexibility index (Phi) is 6.79. The minimum absolute atomic E-state index is 0.00247. The predicted octanol–water partition coefficient (Wildman–Crippen LogP) is 3.12. The molecule has 0 saturated carbocycles. The number of carbonyl (C=O) groups excluding carboxylic acids is 1. The van der Waals surface area contributed by atoms with Gasteiger partial charge in [-0.05, 0) is 44.2 Å². The predicted molar refractivity (Wildman–Crippen MR) is 126 cm³/mol. The Labute approximate surface area is 195 Å². The highest BCUT2D eigenvalue weighted by Crippen LogP contribution is 2.25. The highest BCUT2D eigenvalue weighted by Gasteiger charge is 2.14. The number of nitrogens with one attached hydrogen (secondary N) is 1. The molecule has 0 spiro atoms. The Hall–Kier alpha value is -4.31. The Balaban J connectivity index is 1.44. The van der Waals surface area contributed by atoms with Crippen LogP contribution < -0.4 is 15.6 Å². The lowest BCUT2D eigenvalue weighted by molar-refractivity contribution is 0.102. The van der Waals surface area contributed by atoms with E-state index in [1.165, 1.54) is 16.8 Å². The number of aromatic nitrogens is 5. The number of anilines is 1. The molecule has 0 aliphatic carbocycles. The third-order valence-electron chi connectivity index (χ3n) is 4.98. The van der Waals surface area contributed by atoms with Gasteiger partial charge < -0.3 is 19.7 Å². The topological polar surface area (TPSA) is 124 Å². The molecular formula is C24H24N6O4. The van der Waals surface area contributed by atoms with E-state index >= 15 is 0 Å². The van der Waals surface area contributed by atoms with Crippen LogP contribution >= 0.6 is 0 Å². The molecule has 10 heteroatoms. The Morgan fingerprint density at radius 3 is 2.74 bits per heavy atom. The number of ether oxygens (including phenoxy) is 1. The molecule has 0 aromatic carbocycles. The molecule has 0 bridgehead atoms. The number of rotatable bonds is 8. The van der Waals surface area contributed by atoms with Crippen LogP contribution in [0.5, 0.6) is 11.5 Å². The van der Waals surface area contributed by atoms with E-state index in [2.05, 4.69) is 20.4 Å². The number of pyridine rings is 3. The molecule has 4 rings (SSSR count). The van der Waals surface area contributed by atoms with E-state index < -0.39 is 5.91 Å². The van der Waals surface area contributed by atoms with E-state index in [-0.39, 0.29) is 23.8 Å². The monoisotopic (exact) mass is 460 g/mol. The number of amides is 1.